The van der Waals surface area contributed by atoms with Crippen LogP contribution in [0.4, 0.5) is 0 Å². The van der Waals surface area contributed by atoms with Crippen LogP contribution in [0.25, 0.3) is 0 Å². The van der Waals surface area contributed by atoms with Crippen LogP contribution in [0.5, 0.6) is 17.2 Å². The van der Waals surface area contributed by atoms with E-state index in [0.29, 0.717) is 17.2 Å². The van der Waals surface area contributed by atoms with E-state index in [1.54, 1.807) is 21.3 Å². The van der Waals surface area contributed by atoms with Gasteiger partial charge in [-0.15, -0.1) is 24.0 Å². The van der Waals surface area contributed by atoms with E-state index in [-0.39, 0.29) is 24.0 Å². The molecule has 2 heterocycles. The lowest BCUT2D eigenvalue weighted by atomic mass is 10.1. The minimum absolute atomic E-state index is 0. The highest BCUT2D eigenvalue weighted by molar-refractivity contribution is 14.0. The second-order valence-corrected chi connectivity index (χ2v) is 7.82. The van der Waals surface area contributed by atoms with Crippen molar-refractivity contribution in [3.05, 3.63) is 47.3 Å². The zero-order valence-electron chi connectivity index (χ0n) is 20.3. The second-order valence-electron chi connectivity index (χ2n) is 7.82. The van der Waals surface area contributed by atoms with E-state index >= 15 is 0 Å². The maximum Gasteiger partial charge on any atom is 0.203 e. The molecule has 9 heteroatoms. The second kappa shape index (κ2) is 13.4. The summed E-state index contributed by atoms with van der Waals surface area (Å²) in [7, 11) is 6.77. The number of hydrogen-bond acceptors (Lipinski definition) is 6. The third kappa shape index (κ3) is 7.10. The minimum atomic E-state index is 0. The summed E-state index contributed by atoms with van der Waals surface area (Å²) in [4.78, 5) is 13.4. The molecule has 0 atom stereocenters. The van der Waals surface area contributed by atoms with Crippen LogP contribution in [0, 0.1) is 6.92 Å². The van der Waals surface area contributed by atoms with Gasteiger partial charge in [0.25, 0.3) is 0 Å². The summed E-state index contributed by atoms with van der Waals surface area (Å²) < 4.78 is 16.4. The number of guanidine groups is 1. The van der Waals surface area contributed by atoms with E-state index in [1.165, 1.54) is 11.1 Å². The Balaban J connectivity index is 0.00000385. The number of pyridine rings is 1. The highest BCUT2D eigenvalue weighted by Gasteiger charge is 2.21. The summed E-state index contributed by atoms with van der Waals surface area (Å²) in [6.07, 6.45) is 4.72. The SMILES string of the molecule is CN=C(NCCc1ccncc1C)N1CCN(Cc2cc(OC)c(OC)c(OC)c2)CC1.I. The number of methoxy groups -OCH3 is 3. The highest BCUT2D eigenvalue weighted by Crippen LogP contribution is 2.38. The lowest BCUT2D eigenvalue weighted by Crippen LogP contribution is -2.52. The highest BCUT2D eigenvalue weighted by atomic mass is 127. The van der Waals surface area contributed by atoms with Gasteiger partial charge in [0.2, 0.25) is 5.75 Å². The molecule has 1 aromatic heterocycles. The van der Waals surface area contributed by atoms with Crippen LogP contribution in [-0.2, 0) is 13.0 Å². The Morgan fingerprint density at radius 2 is 1.73 bits per heavy atom. The minimum Gasteiger partial charge on any atom is -0.493 e. The van der Waals surface area contributed by atoms with Crippen LogP contribution in [0.15, 0.2) is 35.6 Å². The molecule has 1 aliphatic heterocycles. The summed E-state index contributed by atoms with van der Waals surface area (Å²) in [6.45, 7) is 7.56. The number of halogens is 1. The molecule has 0 unspecified atom stereocenters. The lowest BCUT2D eigenvalue weighted by Gasteiger charge is -2.36. The van der Waals surface area contributed by atoms with E-state index in [0.717, 1.165) is 57.2 Å². The molecule has 1 aromatic carbocycles. The standard InChI is InChI=1S/C24H35N5O3.HI/c1-18-16-26-8-6-20(18)7-9-27-24(25-2)29-12-10-28(11-13-29)17-19-14-21(30-3)23(32-5)22(15-19)31-4;/h6,8,14-16H,7,9-13,17H2,1-5H3,(H,25,27);1H. The Labute approximate surface area is 214 Å². The van der Waals surface area contributed by atoms with Crippen LogP contribution in [-0.4, -0.2) is 81.8 Å². The largest absolute Gasteiger partial charge is 0.493 e. The van der Waals surface area contributed by atoms with E-state index in [1.807, 2.05) is 31.6 Å². The first kappa shape index (κ1) is 27.0. The number of aromatic nitrogens is 1. The molecule has 1 fully saturated rings. The Morgan fingerprint density at radius 3 is 2.27 bits per heavy atom. The number of ether oxygens (including phenoxy) is 3. The zero-order chi connectivity index (χ0) is 22.9. The van der Waals surface area contributed by atoms with Crippen molar-refractivity contribution in [1.82, 2.24) is 20.1 Å². The Hall–Kier alpha value is -2.27. The summed E-state index contributed by atoms with van der Waals surface area (Å²) in [6, 6.07) is 6.13. The zero-order valence-corrected chi connectivity index (χ0v) is 22.6. The number of rotatable bonds is 8. The van der Waals surface area contributed by atoms with Crippen molar-refractivity contribution >= 4 is 29.9 Å². The molecule has 0 radical (unpaired) electrons. The van der Waals surface area contributed by atoms with Crippen LogP contribution in [0.2, 0.25) is 0 Å². The first-order valence-corrected chi connectivity index (χ1v) is 11.0. The topological polar surface area (TPSA) is 71.5 Å². The van der Waals surface area contributed by atoms with Crippen molar-refractivity contribution in [2.45, 2.75) is 19.9 Å². The Bertz CT molecular complexity index is 892. The van der Waals surface area contributed by atoms with Crippen LogP contribution < -0.4 is 19.5 Å². The van der Waals surface area contributed by atoms with Gasteiger partial charge in [0.05, 0.1) is 21.3 Å². The average molecular weight is 569 g/mol. The first-order valence-electron chi connectivity index (χ1n) is 11.0. The molecule has 0 saturated carbocycles. The molecule has 0 amide bonds. The fourth-order valence-corrected chi connectivity index (χ4v) is 4.03. The van der Waals surface area contributed by atoms with E-state index < -0.39 is 0 Å². The molecule has 0 spiro atoms. The smallest absolute Gasteiger partial charge is 0.203 e. The third-order valence-electron chi connectivity index (χ3n) is 5.83. The van der Waals surface area contributed by atoms with Gasteiger partial charge in [0.15, 0.2) is 17.5 Å². The van der Waals surface area contributed by atoms with Crippen molar-refractivity contribution in [3.63, 3.8) is 0 Å². The normalized spacial score (nSPS) is 14.5. The summed E-state index contributed by atoms with van der Waals surface area (Å²) in [5, 5.41) is 3.51. The third-order valence-corrected chi connectivity index (χ3v) is 5.83. The van der Waals surface area contributed by atoms with Gasteiger partial charge in [-0.2, -0.15) is 0 Å². The molecule has 1 N–H and O–H groups in total. The molecule has 3 rings (SSSR count). The monoisotopic (exact) mass is 569 g/mol. The van der Waals surface area contributed by atoms with Crippen LogP contribution >= 0.6 is 24.0 Å². The van der Waals surface area contributed by atoms with Gasteiger partial charge in [0, 0.05) is 58.7 Å². The molecule has 0 bridgehead atoms. The molecule has 0 aliphatic carbocycles. The summed E-state index contributed by atoms with van der Waals surface area (Å²) in [5.41, 5.74) is 3.69. The quantitative estimate of drug-likeness (QED) is 0.298. The van der Waals surface area contributed by atoms with Gasteiger partial charge in [-0.1, -0.05) is 0 Å². The fourth-order valence-electron chi connectivity index (χ4n) is 4.03. The molecule has 1 saturated heterocycles. The van der Waals surface area contributed by atoms with Crippen LogP contribution in [0.1, 0.15) is 16.7 Å². The number of benzene rings is 1. The number of aryl methyl sites for hydroxylation is 1. The predicted molar refractivity (Wildman–Crippen MR) is 142 cm³/mol. The van der Waals surface area contributed by atoms with Gasteiger partial charge in [-0.05, 0) is 48.2 Å². The molecule has 33 heavy (non-hydrogen) atoms. The van der Waals surface area contributed by atoms with Gasteiger partial charge in [-0.25, -0.2) is 0 Å². The van der Waals surface area contributed by atoms with Crippen molar-refractivity contribution in [2.24, 2.45) is 4.99 Å². The number of hydrogen-bond donors (Lipinski definition) is 1. The van der Waals surface area contributed by atoms with E-state index in [9.17, 15) is 0 Å². The Kier molecular flexibility index (Phi) is 11.0. The molecular weight excluding hydrogens is 533 g/mol. The fraction of sp³-hybridized carbons (Fsp3) is 0.500. The van der Waals surface area contributed by atoms with Gasteiger partial charge in [0.1, 0.15) is 0 Å². The van der Waals surface area contributed by atoms with Gasteiger partial charge < -0.3 is 24.4 Å². The van der Waals surface area contributed by atoms with Crippen molar-refractivity contribution in [1.29, 1.82) is 0 Å². The number of nitrogens with one attached hydrogen (secondary N) is 1. The van der Waals surface area contributed by atoms with E-state index in [4.69, 9.17) is 14.2 Å². The lowest BCUT2D eigenvalue weighted by molar-refractivity contribution is 0.172. The Morgan fingerprint density at radius 1 is 1.06 bits per heavy atom. The molecule has 1 aliphatic rings. The number of nitrogens with zero attached hydrogens (tertiary/aromatic N) is 4. The van der Waals surface area contributed by atoms with Crippen LogP contribution in [0.3, 0.4) is 0 Å². The van der Waals surface area contributed by atoms with Crippen molar-refractivity contribution < 1.29 is 14.2 Å². The van der Waals surface area contributed by atoms with Gasteiger partial charge >= 0.3 is 0 Å². The molecular formula is C24H36IN5O3. The molecule has 182 valence electrons. The maximum atomic E-state index is 5.49. The number of aliphatic imine (C=N–C) groups is 1. The summed E-state index contributed by atoms with van der Waals surface area (Å²) in [5.74, 6) is 2.97. The first-order chi connectivity index (χ1) is 15.6. The van der Waals surface area contributed by atoms with Gasteiger partial charge in [-0.3, -0.25) is 14.9 Å². The van der Waals surface area contributed by atoms with Crippen molar-refractivity contribution in [3.8, 4) is 17.2 Å². The average Bonchev–Trinajstić information content (AvgIpc) is 2.83. The predicted octanol–water partition coefficient (Wildman–Crippen LogP) is 2.97. The van der Waals surface area contributed by atoms with Crippen molar-refractivity contribution in [2.75, 3.05) is 61.1 Å². The van der Waals surface area contributed by atoms with E-state index in [2.05, 4.69) is 38.1 Å². The number of piperazine rings is 1. The molecule has 2 aromatic rings. The summed E-state index contributed by atoms with van der Waals surface area (Å²) >= 11 is 0. The molecule has 8 nitrogen and oxygen atoms in total. The maximum absolute atomic E-state index is 5.49.